The first-order valence-electron chi connectivity index (χ1n) is 12.7. The summed E-state index contributed by atoms with van der Waals surface area (Å²) in [4.78, 5) is 34.6. The Bertz CT molecular complexity index is 955. The third kappa shape index (κ3) is 3.78. The van der Waals surface area contributed by atoms with Crippen LogP contribution in [0.4, 0.5) is 4.39 Å². The number of ether oxygens (including phenoxy) is 2. The molecule has 3 saturated carbocycles. The Morgan fingerprint density at radius 3 is 2.40 bits per heavy atom. The zero-order valence-corrected chi connectivity index (χ0v) is 21.6. The number of hydrogen-bond acceptors (Lipinski definition) is 7. The number of allylic oxidation sites excluding steroid dienone is 1. The molecule has 5 rings (SSSR count). The van der Waals surface area contributed by atoms with Crippen LogP contribution in [0.3, 0.4) is 0 Å². The molecule has 35 heavy (non-hydrogen) atoms. The second-order valence-corrected chi connectivity index (χ2v) is 12.2. The highest BCUT2D eigenvalue weighted by Crippen LogP contribution is 2.70. The minimum atomic E-state index is -1.35. The van der Waals surface area contributed by atoms with Crippen LogP contribution < -0.4 is 0 Å². The largest absolute Gasteiger partial charge is 0.393 e. The van der Waals surface area contributed by atoms with Crippen LogP contribution in [0.1, 0.15) is 73.6 Å². The first kappa shape index (κ1) is 26.6. The van der Waals surface area contributed by atoms with E-state index in [1.165, 1.54) is 19.9 Å². The van der Waals surface area contributed by atoms with Gasteiger partial charge in [-0.2, -0.15) is 0 Å². The van der Waals surface area contributed by atoms with Gasteiger partial charge in [0.15, 0.2) is 23.0 Å². The van der Waals surface area contributed by atoms with E-state index in [1.807, 2.05) is 13.8 Å². The highest BCUT2D eigenvalue weighted by molar-refractivity contribution is 5.92. The van der Waals surface area contributed by atoms with E-state index in [4.69, 9.17) is 9.47 Å². The first-order valence-corrected chi connectivity index (χ1v) is 12.7. The van der Waals surface area contributed by atoms with Crippen LogP contribution in [0.5, 0.6) is 0 Å². The van der Waals surface area contributed by atoms with Crippen molar-refractivity contribution in [2.24, 2.45) is 28.6 Å². The quantitative estimate of drug-likeness (QED) is 0.607. The standard InChI is InChI=1S/C24H33FO6.C3H6O/c1-21(2)30-19-9-14-13-8-16(25)15-7-12(27)5-6-22(15,3)20(13)17(28)10-23(14,4)24(19,31-21)18(29)11-26;1-3(2)4/h7,13-14,16-17,19-20,26,28H,5-6,8-11H2,1-4H3;1-2H3/t13?,14?,16-,17-,19+,20?,22-,23-,24+;/m0./s1. The number of Topliss-reactive ketones (excluding diaryl/α,β-unsaturated/α-hetero) is 2. The molecule has 196 valence electrons. The summed E-state index contributed by atoms with van der Waals surface area (Å²) in [6, 6.07) is 0. The van der Waals surface area contributed by atoms with Gasteiger partial charge in [-0.15, -0.1) is 0 Å². The number of carbonyl (C=O) groups is 3. The van der Waals surface area contributed by atoms with E-state index in [2.05, 4.69) is 0 Å². The summed E-state index contributed by atoms with van der Waals surface area (Å²) in [7, 11) is 0. The summed E-state index contributed by atoms with van der Waals surface area (Å²) in [6.45, 7) is 9.84. The molecule has 0 amide bonds. The predicted octanol–water partition coefficient (Wildman–Crippen LogP) is 3.09. The highest BCUT2D eigenvalue weighted by Gasteiger charge is 2.77. The third-order valence-electron chi connectivity index (χ3n) is 9.42. The minimum absolute atomic E-state index is 0.0457. The third-order valence-corrected chi connectivity index (χ3v) is 9.42. The van der Waals surface area contributed by atoms with E-state index in [9.17, 15) is 24.6 Å². The number of carbonyl (C=O) groups excluding carboxylic acids is 3. The SMILES string of the molecule is CC(C)=O.CC1(C)O[C@@H]2CC3C4C[C@H](F)C5=CC(=O)CC[C@]5(C)C4[C@@H](O)C[C@]3(C)[C@]2(C(=O)CO)O1. The van der Waals surface area contributed by atoms with Crippen LogP contribution in [0, 0.1) is 28.6 Å². The molecule has 0 aromatic rings. The fraction of sp³-hybridized carbons (Fsp3) is 0.815. The fourth-order valence-corrected chi connectivity index (χ4v) is 8.41. The summed E-state index contributed by atoms with van der Waals surface area (Å²) < 4.78 is 27.9. The minimum Gasteiger partial charge on any atom is -0.393 e. The molecule has 0 aromatic carbocycles. The second-order valence-electron chi connectivity index (χ2n) is 12.2. The molecule has 2 N–H and O–H groups in total. The summed E-state index contributed by atoms with van der Waals surface area (Å²) in [5.74, 6) is -1.73. The van der Waals surface area contributed by atoms with Crippen molar-refractivity contribution in [3.8, 4) is 0 Å². The first-order chi connectivity index (χ1) is 16.1. The van der Waals surface area contributed by atoms with Gasteiger partial charge in [-0.25, -0.2) is 4.39 Å². The second kappa shape index (κ2) is 8.54. The summed E-state index contributed by atoms with van der Waals surface area (Å²) in [5, 5.41) is 21.3. The van der Waals surface area contributed by atoms with E-state index in [-0.39, 0.29) is 35.7 Å². The average molecular weight is 495 g/mol. The number of fused-ring (bicyclic) bond motifs is 7. The highest BCUT2D eigenvalue weighted by atomic mass is 19.1. The lowest BCUT2D eigenvalue weighted by Gasteiger charge is -2.61. The molecule has 1 aliphatic heterocycles. The number of aliphatic hydroxyl groups excluding tert-OH is 2. The number of ketones is 3. The van der Waals surface area contributed by atoms with Gasteiger partial charge in [0.05, 0.1) is 12.2 Å². The maximum atomic E-state index is 15.5. The summed E-state index contributed by atoms with van der Waals surface area (Å²) >= 11 is 0. The van der Waals surface area contributed by atoms with E-state index < -0.39 is 53.0 Å². The Morgan fingerprint density at radius 2 is 1.80 bits per heavy atom. The van der Waals surface area contributed by atoms with E-state index in [1.54, 1.807) is 13.8 Å². The molecular formula is C27H39FO7. The van der Waals surface area contributed by atoms with Crippen molar-refractivity contribution in [2.75, 3.05) is 6.61 Å². The van der Waals surface area contributed by atoms with Gasteiger partial charge >= 0.3 is 0 Å². The van der Waals surface area contributed by atoms with Gasteiger partial charge in [-0.3, -0.25) is 9.59 Å². The average Bonchev–Trinajstić information content (AvgIpc) is 3.14. The van der Waals surface area contributed by atoms with E-state index in [0.29, 0.717) is 31.3 Å². The van der Waals surface area contributed by atoms with E-state index in [0.717, 1.165) is 0 Å². The molecule has 0 aromatic heterocycles. The monoisotopic (exact) mass is 494 g/mol. The van der Waals surface area contributed by atoms with Crippen LogP contribution >= 0.6 is 0 Å². The van der Waals surface area contributed by atoms with Crippen molar-refractivity contribution >= 4 is 17.3 Å². The molecular weight excluding hydrogens is 455 g/mol. The molecule has 5 aliphatic rings. The van der Waals surface area contributed by atoms with Crippen LogP contribution in [0.25, 0.3) is 0 Å². The lowest BCUT2D eigenvalue weighted by molar-refractivity contribution is -0.228. The fourth-order valence-electron chi connectivity index (χ4n) is 8.41. The normalized spacial score (nSPS) is 47.3. The van der Waals surface area contributed by atoms with Crippen molar-refractivity contribution in [2.45, 2.75) is 103 Å². The predicted molar refractivity (Wildman–Crippen MR) is 125 cm³/mol. The van der Waals surface area contributed by atoms with Crippen LogP contribution in [0.15, 0.2) is 11.6 Å². The number of halogens is 1. The summed E-state index contributed by atoms with van der Waals surface area (Å²) in [6.07, 6.45) is 0.872. The van der Waals surface area contributed by atoms with Crippen molar-refractivity contribution in [3.63, 3.8) is 0 Å². The zero-order valence-electron chi connectivity index (χ0n) is 21.6. The molecule has 1 saturated heterocycles. The Hall–Kier alpha value is -1.48. The Balaban J connectivity index is 0.000000672. The van der Waals surface area contributed by atoms with Gasteiger partial charge in [-0.1, -0.05) is 13.8 Å². The van der Waals surface area contributed by atoms with Crippen molar-refractivity contribution in [1.82, 2.24) is 0 Å². The molecule has 8 heteroatoms. The number of hydrogen-bond donors (Lipinski definition) is 2. The molecule has 1 heterocycles. The molecule has 4 aliphatic carbocycles. The number of aliphatic hydroxyl groups is 2. The van der Waals surface area contributed by atoms with Crippen LogP contribution in [-0.2, 0) is 23.9 Å². The number of rotatable bonds is 2. The van der Waals surface area contributed by atoms with Crippen LogP contribution in [-0.4, -0.2) is 63.9 Å². The van der Waals surface area contributed by atoms with Gasteiger partial charge in [0.1, 0.15) is 18.6 Å². The molecule has 9 atom stereocenters. The lowest BCUT2D eigenvalue weighted by atomic mass is 9.45. The van der Waals surface area contributed by atoms with Crippen molar-refractivity contribution in [1.29, 1.82) is 0 Å². The van der Waals surface area contributed by atoms with Gasteiger partial charge in [0.25, 0.3) is 0 Å². The van der Waals surface area contributed by atoms with Gasteiger partial charge in [0, 0.05) is 11.8 Å². The van der Waals surface area contributed by atoms with Crippen molar-refractivity contribution < 1.29 is 38.5 Å². The number of alkyl halides is 1. The molecule has 0 radical (unpaired) electrons. The van der Waals surface area contributed by atoms with Gasteiger partial charge in [0.2, 0.25) is 0 Å². The Morgan fingerprint density at radius 1 is 1.17 bits per heavy atom. The molecule has 0 bridgehead atoms. The van der Waals surface area contributed by atoms with E-state index >= 15 is 4.39 Å². The topological polar surface area (TPSA) is 110 Å². The molecule has 4 fully saturated rings. The Labute approximate surface area is 206 Å². The zero-order chi connectivity index (χ0) is 26.1. The Kier molecular flexibility index (Phi) is 6.48. The van der Waals surface area contributed by atoms with Crippen LogP contribution in [0.2, 0.25) is 0 Å². The van der Waals surface area contributed by atoms with Crippen molar-refractivity contribution in [3.05, 3.63) is 11.6 Å². The maximum absolute atomic E-state index is 15.5. The molecule has 0 spiro atoms. The molecule has 3 unspecified atom stereocenters. The van der Waals surface area contributed by atoms with Gasteiger partial charge < -0.3 is 24.5 Å². The molecule has 7 nitrogen and oxygen atoms in total. The summed E-state index contributed by atoms with van der Waals surface area (Å²) in [5.41, 5.74) is -2.19. The maximum Gasteiger partial charge on any atom is 0.193 e. The lowest BCUT2D eigenvalue weighted by Crippen LogP contribution is -2.64. The van der Waals surface area contributed by atoms with Gasteiger partial charge in [-0.05, 0) is 88.2 Å². The smallest absolute Gasteiger partial charge is 0.193 e.